The summed E-state index contributed by atoms with van der Waals surface area (Å²) >= 11 is 0. The van der Waals surface area contributed by atoms with Crippen LogP contribution >= 0.6 is 0 Å². The van der Waals surface area contributed by atoms with Gasteiger partial charge in [-0.3, -0.25) is 4.79 Å². The molecular weight excluding hydrogens is 298 g/mol. The summed E-state index contributed by atoms with van der Waals surface area (Å²) in [5, 5.41) is 7.88. The second-order valence-electron chi connectivity index (χ2n) is 5.25. The van der Waals surface area contributed by atoms with Gasteiger partial charge in [-0.1, -0.05) is 26.3 Å². The van der Waals surface area contributed by atoms with Gasteiger partial charge < -0.3 is 20.7 Å². The first kappa shape index (κ1) is 18.5. The van der Waals surface area contributed by atoms with Crippen molar-refractivity contribution in [1.82, 2.24) is 5.32 Å². The molecule has 0 saturated carbocycles. The van der Waals surface area contributed by atoms with Crippen LogP contribution in [-0.4, -0.2) is 31.1 Å². The number of benzene rings is 1. The summed E-state index contributed by atoms with van der Waals surface area (Å²) < 4.78 is 4.72. The van der Waals surface area contributed by atoms with Gasteiger partial charge in [-0.05, 0) is 24.1 Å². The number of urea groups is 1. The third kappa shape index (κ3) is 5.98. The lowest BCUT2D eigenvalue weighted by Crippen LogP contribution is -2.47. The Bertz CT molecular complexity index is 574. The zero-order valence-electron chi connectivity index (χ0n) is 13.8. The second kappa shape index (κ2) is 8.77. The number of anilines is 2. The highest BCUT2D eigenvalue weighted by Gasteiger charge is 2.26. The minimum Gasteiger partial charge on any atom is -0.467 e. The lowest BCUT2D eigenvalue weighted by Gasteiger charge is -2.22. The third-order valence-corrected chi connectivity index (χ3v) is 3.40. The number of methoxy groups -OCH3 is 1. The largest absolute Gasteiger partial charge is 0.467 e. The van der Waals surface area contributed by atoms with Gasteiger partial charge in [0.05, 0.1) is 7.11 Å². The molecule has 1 aromatic carbocycles. The Hall–Kier alpha value is -2.57. The van der Waals surface area contributed by atoms with E-state index in [9.17, 15) is 14.4 Å². The molecule has 0 radical (unpaired) electrons. The predicted octanol–water partition coefficient (Wildman–Crippen LogP) is 2.35. The van der Waals surface area contributed by atoms with Crippen molar-refractivity contribution in [3.05, 3.63) is 24.3 Å². The molecule has 3 amide bonds. The molecule has 2 atom stereocenters. The Morgan fingerprint density at radius 1 is 1.17 bits per heavy atom. The lowest BCUT2D eigenvalue weighted by molar-refractivity contribution is -0.144. The maximum absolute atomic E-state index is 12.1. The Balaban J connectivity index is 2.74. The van der Waals surface area contributed by atoms with Gasteiger partial charge in [0.2, 0.25) is 5.91 Å². The Morgan fingerprint density at radius 2 is 1.78 bits per heavy atom. The molecular formula is C16H23N3O4. The van der Waals surface area contributed by atoms with Gasteiger partial charge in [-0.15, -0.1) is 0 Å². The fourth-order valence-corrected chi connectivity index (χ4v) is 1.98. The second-order valence-corrected chi connectivity index (χ2v) is 5.25. The third-order valence-electron chi connectivity index (χ3n) is 3.40. The SMILES string of the molecule is CC[C@H](C)[C@H](NC(=O)Nc1cccc(NC(C)=O)c1)C(=O)OC. The molecule has 7 heteroatoms. The van der Waals surface area contributed by atoms with Gasteiger partial charge in [0.25, 0.3) is 0 Å². The molecule has 0 saturated heterocycles. The van der Waals surface area contributed by atoms with Crippen LogP contribution < -0.4 is 16.0 Å². The van der Waals surface area contributed by atoms with E-state index in [4.69, 9.17) is 4.74 Å². The molecule has 0 aromatic heterocycles. The molecule has 7 nitrogen and oxygen atoms in total. The number of rotatable bonds is 6. The molecule has 1 aromatic rings. The Kier molecular flexibility index (Phi) is 7.05. The maximum atomic E-state index is 12.1. The number of amides is 3. The van der Waals surface area contributed by atoms with Gasteiger partial charge in [-0.25, -0.2) is 9.59 Å². The van der Waals surface area contributed by atoms with Gasteiger partial charge in [0.1, 0.15) is 6.04 Å². The first-order chi connectivity index (χ1) is 10.9. The molecule has 23 heavy (non-hydrogen) atoms. The number of hydrogen-bond acceptors (Lipinski definition) is 4. The molecule has 0 heterocycles. The average Bonchev–Trinajstić information content (AvgIpc) is 2.50. The molecule has 126 valence electrons. The van der Waals surface area contributed by atoms with Gasteiger partial charge in [0, 0.05) is 18.3 Å². The van der Waals surface area contributed by atoms with Crippen molar-refractivity contribution < 1.29 is 19.1 Å². The van der Waals surface area contributed by atoms with E-state index >= 15 is 0 Å². The van der Waals surface area contributed by atoms with E-state index < -0.39 is 18.0 Å². The first-order valence-corrected chi connectivity index (χ1v) is 7.40. The quantitative estimate of drug-likeness (QED) is 0.701. The number of esters is 1. The molecule has 0 unspecified atom stereocenters. The monoisotopic (exact) mass is 321 g/mol. The van der Waals surface area contributed by atoms with E-state index in [0.29, 0.717) is 11.4 Å². The molecule has 0 bridgehead atoms. The van der Waals surface area contributed by atoms with Crippen molar-refractivity contribution >= 4 is 29.3 Å². The number of nitrogens with one attached hydrogen (secondary N) is 3. The van der Waals surface area contributed by atoms with Crippen molar-refractivity contribution in [2.45, 2.75) is 33.2 Å². The molecule has 0 fully saturated rings. The summed E-state index contributed by atoms with van der Waals surface area (Å²) in [4.78, 5) is 34.9. The fourth-order valence-electron chi connectivity index (χ4n) is 1.98. The summed E-state index contributed by atoms with van der Waals surface area (Å²) in [6.45, 7) is 5.19. The molecule has 0 aliphatic heterocycles. The molecule has 0 aliphatic rings. The van der Waals surface area contributed by atoms with E-state index in [1.54, 1.807) is 24.3 Å². The molecule has 1 rings (SSSR count). The molecule has 0 aliphatic carbocycles. The van der Waals surface area contributed by atoms with E-state index in [2.05, 4.69) is 16.0 Å². The van der Waals surface area contributed by atoms with Crippen LogP contribution in [0.1, 0.15) is 27.2 Å². The summed E-state index contributed by atoms with van der Waals surface area (Å²) in [6.07, 6.45) is 0.720. The number of ether oxygens (including phenoxy) is 1. The van der Waals surface area contributed by atoms with Crippen LogP contribution in [0, 0.1) is 5.92 Å². The highest BCUT2D eigenvalue weighted by molar-refractivity contribution is 5.94. The van der Waals surface area contributed by atoms with Crippen molar-refractivity contribution in [3.63, 3.8) is 0 Å². The van der Waals surface area contributed by atoms with Gasteiger partial charge >= 0.3 is 12.0 Å². The smallest absolute Gasteiger partial charge is 0.328 e. The van der Waals surface area contributed by atoms with E-state index in [-0.39, 0.29) is 11.8 Å². The van der Waals surface area contributed by atoms with Crippen LogP contribution in [0.25, 0.3) is 0 Å². The number of hydrogen-bond donors (Lipinski definition) is 3. The zero-order valence-corrected chi connectivity index (χ0v) is 13.8. The standard InChI is InChI=1S/C16H23N3O4/c1-5-10(2)14(15(21)23-4)19-16(22)18-13-8-6-7-12(9-13)17-11(3)20/h6-10,14H,5H2,1-4H3,(H,17,20)(H2,18,19,22)/t10-,14-/m0/s1. The summed E-state index contributed by atoms with van der Waals surface area (Å²) in [7, 11) is 1.29. The highest BCUT2D eigenvalue weighted by atomic mass is 16.5. The maximum Gasteiger partial charge on any atom is 0.328 e. The lowest BCUT2D eigenvalue weighted by atomic mass is 9.99. The first-order valence-electron chi connectivity index (χ1n) is 7.40. The topological polar surface area (TPSA) is 96.5 Å². The van der Waals surface area contributed by atoms with Gasteiger partial charge in [0.15, 0.2) is 0 Å². The van der Waals surface area contributed by atoms with Crippen LogP contribution in [0.15, 0.2) is 24.3 Å². The molecule has 0 spiro atoms. The number of carbonyl (C=O) groups excluding carboxylic acids is 3. The van der Waals surface area contributed by atoms with Crippen LogP contribution in [0.3, 0.4) is 0 Å². The highest BCUT2D eigenvalue weighted by Crippen LogP contribution is 2.15. The predicted molar refractivity (Wildman–Crippen MR) is 88.2 cm³/mol. The van der Waals surface area contributed by atoms with Crippen molar-refractivity contribution in [1.29, 1.82) is 0 Å². The van der Waals surface area contributed by atoms with Crippen LogP contribution in [-0.2, 0) is 14.3 Å². The summed E-state index contributed by atoms with van der Waals surface area (Å²) in [6, 6.07) is 5.48. The average molecular weight is 321 g/mol. The summed E-state index contributed by atoms with van der Waals surface area (Å²) in [5.74, 6) is -0.741. The minimum atomic E-state index is -0.719. The van der Waals surface area contributed by atoms with Crippen LogP contribution in [0.5, 0.6) is 0 Å². The van der Waals surface area contributed by atoms with Crippen molar-refractivity contribution in [2.24, 2.45) is 5.92 Å². The minimum absolute atomic E-state index is 0.0566. The van der Waals surface area contributed by atoms with Crippen molar-refractivity contribution in [3.8, 4) is 0 Å². The van der Waals surface area contributed by atoms with E-state index in [1.807, 2.05) is 13.8 Å². The van der Waals surface area contributed by atoms with Crippen LogP contribution in [0.2, 0.25) is 0 Å². The molecule has 3 N–H and O–H groups in total. The Labute approximate surface area is 135 Å². The van der Waals surface area contributed by atoms with E-state index in [0.717, 1.165) is 6.42 Å². The fraction of sp³-hybridized carbons (Fsp3) is 0.438. The summed E-state index contributed by atoms with van der Waals surface area (Å²) in [5.41, 5.74) is 1.07. The van der Waals surface area contributed by atoms with Crippen molar-refractivity contribution in [2.75, 3.05) is 17.7 Å². The Morgan fingerprint density at radius 3 is 2.30 bits per heavy atom. The van der Waals surface area contributed by atoms with Gasteiger partial charge in [-0.2, -0.15) is 0 Å². The normalized spacial score (nSPS) is 12.7. The van der Waals surface area contributed by atoms with Crippen LogP contribution in [0.4, 0.5) is 16.2 Å². The van der Waals surface area contributed by atoms with E-state index in [1.165, 1.54) is 14.0 Å². The number of carbonyl (C=O) groups is 3. The zero-order chi connectivity index (χ0) is 17.4.